The number of carbonyl (C=O) groups excluding carboxylic acids is 1. The maximum atomic E-state index is 11.5. The van der Waals surface area contributed by atoms with E-state index in [0.29, 0.717) is 11.6 Å². The Balaban J connectivity index is 2.42. The topological polar surface area (TPSA) is 72.1 Å². The average molecular weight is 284 g/mol. The van der Waals surface area contributed by atoms with E-state index in [4.69, 9.17) is 5.73 Å². The first-order valence-corrected chi connectivity index (χ1v) is 7.07. The molecular formula is C16H20N4O. The van der Waals surface area contributed by atoms with Crippen LogP contribution in [0.1, 0.15) is 30.3 Å². The molecule has 1 amide bonds. The van der Waals surface area contributed by atoms with Gasteiger partial charge in [-0.2, -0.15) is 0 Å². The molecule has 0 spiro atoms. The number of benzene rings is 1. The Kier molecular flexibility index (Phi) is 4.87. The molecule has 1 aromatic carbocycles. The van der Waals surface area contributed by atoms with Crippen LogP contribution in [0.25, 0.3) is 11.4 Å². The summed E-state index contributed by atoms with van der Waals surface area (Å²) in [5.74, 6) is 0.691. The second-order valence-electron chi connectivity index (χ2n) is 4.94. The molecule has 0 atom stereocenters. The largest absolute Gasteiger partial charge is 0.364 e. The van der Waals surface area contributed by atoms with Gasteiger partial charge in [-0.15, -0.1) is 0 Å². The Bertz CT molecular complexity index is 613. The third kappa shape index (κ3) is 3.78. The lowest BCUT2D eigenvalue weighted by Gasteiger charge is -2.18. The predicted molar refractivity (Wildman–Crippen MR) is 84.2 cm³/mol. The summed E-state index contributed by atoms with van der Waals surface area (Å²) in [6.45, 7) is 3.01. The van der Waals surface area contributed by atoms with Gasteiger partial charge in [-0.25, -0.2) is 9.97 Å². The van der Waals surface area contributed by atoms with Gasteiger partial charge in [0.2, 0.25) is 0 Å². The average Bonchev–Trinajstić information content (AvgIpc) is 2.53. The maximum Gasteiger partial charge on any atom is 0.267 e. The molecule has 2 aromatic rings. The van der Waals surface area contributed by atoms with E-state index < -0.39 is 5.91 Å². The predicted octanol–water partition coefficient (Wildman–Crippen LogP) is 2.48. The second-order valence-corrected chi connectivity index (χ2v) is 4.94. The Morgan fingerprint density at radius 3 is 2.57 bits per heavy atom. The first kappa shape index (κ1) is 15.0. The molecule has 0 radical (unpaired) electrons. The first-order chi connectivity index (χ1) is 10.1. The minimum Gasteiger partial charge on any atom is -0.364 e. The lowest BCUT2D eigenvalue weighted by molar-refractivity contribution is 0.0995. The Morgan fingerprint density at radius 1 is 1.24 bits per heavy atom. The standard InChI is InChI=1S/C16H20N4O/c1-3-4-10-20(2)14-11-13(15(17)21)18-16(19-14)12-8-6-5-7-9-12/h5-9,11H,3-4,10H2,1-2H3,(H2,17,21). The highest BCUT2D eigenvalue weighted by molar-refractivity contribution is 5.92. The fraction of sp³-hybridized carbons (Fsp3) is 0.312. The van der Waals surface area contributed by atoms with E-state index in [1.54, 1.807) is 6.07 Å². The molecule has 0 saturated carbocycles. The van der Waals surface area contributed by atoms with Crippen LogP contribution < -0.4 is 10.6 Å². The maximum absolute atomic E-state index is 11.5. The van der Waals surface area contributed by atoms with Crippen molar-refractivity contribution < 1.29 is 4.79 Å². The van der Waals surface area contributed by atoms with Gasteiger partial charge in [0, 0.05) is 25.2 Å². The fourth-order valence-corrected chi connectivity index (χ4v) is 1.98. The number of unbranched alkanes of at least 4 members (excludes halogenated alkanes) is 1. The van der Waals surface area contributed by atoms with Crippen LogP contribution in [0.2, 0.25) is 0 Å². The summed E-state index contributed by atoms with van der Waals surface area (Å²) >= 11 is 0. The molecule has 2 N–H and O–H groups in total. The third-order valence-electron chi connectivity index (χ3n) is 3.24. The van der Waals surface area contributed by atoms with Gasteiger partial charge in [0.15, 0.2) is 5.82 Å². The molecular weight excluding hydrogens is 264 g/mol. The number of rotatable bonds is 6. The Morgan fingerprint density at radius 2 is 1.95 bits per heavy atom. The van der Waals surface area contributed by atoms with Crippen molar-refractivity contribution in [1.82, 2.24) is 9.97 Å². The monoisotopic (exact) mass is 284 g/mol. The van der Waals surface area contributed by atoms with E-state index >= 15 is 0 Å². The minimum absolute atomic E-state index is 0.238. The van der Waals surface area contributed by atoms with Crippen LogP contribution in [0, 0.1) is 0 Å². The van der Waals surface area contributed by atoms with Crippen molar-refractivity contribution in [2.45, 2.75) is 19.8 Å². The van der Waals surface area contributed by atoms with Crippen LogP contribution in [-0.4, -0.2) is 29.5 Å². The molecule has 0 unspecified atom stereocenters. The number of nitrogens with zero attached hydrogens (tertiary/aromatic N) is 3. The number of nitrogens with two attached hydrogens (primary N) is 1. The highest BCUT2D eigenvalue weighted by Crippen LogP contribution is 2.19. The number of carbonyl (C=O) groups is 1. The molecule has 21 heavy (non-hydrogen) atoms. The van der Waals surface area contributed by atoms with E-state index in [1.807, 2.05) is 42.3 Å². The molecule has 5 heteroatoms. The van der Waals surface area contributed by atoms with E-state index in [9.17, 15) is 4.79 Å². The summed E-state index contributed by atoms with van der Waals surface area (Å²) in [5, 5.41) is 0. The SMILES string of the molecule is CCCCN(C)c1cc(C(N)=O)nc(-c2ccccc2)n1. The lowest BCUT2D eigenvalue weighted by atomic mass is 10.2. The molecule has 2 rings (SSSR count). The zero-order valence-corrected chi connectivity index (χ0v) is 12.4. The van der Waals surface area contributed by atoms with Gasteiger partial charge >= 0.3 is 0 Å². The normalized spacial score (nSPS) is 10.4. The summed E-state index contributed by atoms with van der Waals surface area (Å²) < 4.78 is 0. The van der Waals surface area contributed by atoms with E-state index in [0.717, 1.165) is 24.9 Å². The van der Waals surface area contributed by atoms with Crippen molar-refractivity contribution in [3.63, 3.8) is 0 Å². The summed E-state index contributed by atoms with van der Waals surface area (Å²) in [6.07, 6.45) is 2.16. The molecule has 0 bridgehead atoms. The summed E-state index contributed by atoms with van der Waals surface area (Å²) in [6, 6.07) is 11.2. The molecule has 0 saturated heterocycles. The van der Waals surface area contributed by atoms with Crippen molar-refractivity contribution in [2.75, 3.05) is 18.5 Å². The van der Waals surface area contributed by atoms with Crippen LogP contribution in [-0.2, 0) is 0 Å². The highest BCUT2D eigenvalue weighted by atomic mass is 16.1. The molecule has 5 nitrogen and oxygen atoms in total. The van der Waals surface area contributed by atoms with Gasteiger partial charge < -0.3 is 10.6 Å². The van der Waals surface area contributed by atoms with Crippen molar-refractivity contribution in [3.05, 3.63) is 42.1 Å². The number of hydrogen-bond acceptors (Lipinski definition) is 4. The first-order valence-electron chi connectivity index (χ1n) is 7.07. The van der Waals surface area contributed by atoms with Gasteiger partial charge in [-0.1, -0.05) is 43.7 Å². The van der Waals surface area contributed by atoms with Crippen molar-refractivity contribution in [1.29, 1.82) is 0 Å². The summed E-state index contributed by atoms with van der Waals surface area (Å²) in [4.78, 5) is 22.3. The molecule has 0 fully saturated rings. The highest BCUT2D eigenvalue weighted by Gasteiger charge is 2.12. The molecule has 1 aromatic heterocycles. The van der Waals surface area contributed by atoms with Crippen LogP contribution in [0.5, 0.6) is 0 Å². The number of hydrogen-bond donors (Lipinski definition) is 1. The molecule has 0 aliphatic carbocycles. The molecule has 0 aliphatic heterocycles. The van der Waals surface area contributed by atoms with E-state index in [-0.39, 0.29) is 5.69 Å². The van der Waals surface area contributed by atoms with Crippen LogP contribution in [0.15, 0.2) is 36.4 Å². The fourth-order valence-electron chi connectivity index (χ4n) is 1.98. The zero-order valence-electron chi connectivity index (χ0n) is 12.4. The van der Waals surface area contributed by atoms with Crippen molar-refractivity contribution in [2.24, 2.45) is 5.73 Å². The minimum atomic E-state index is -0.542. The van der Waals surface area contributed by atoms with Gasteiger partial charge in [0.25, 0.3) is 5.91 Å². The Labute approximate surface area is 124 Å². The van der Waals surface area contributed by atoms with Gasteiger partial charge in [-0.05, 0) is 6.42 Å². The summed E-state index contributed by atoms with van der Waals surface area (Å²) in [5.41, 5.74) is 6.49. The summed E-state index contributed by atoms with van der Waals surface area (Å²) in [7, 11) is 1.96. The van der Waals surface area contributed by atoms with Gasteiger partial charge in [-0.3, -0.25) is 4.79 Å². The quantitative estimate of drug-likeness (QED) is 0.884. The smallest absolute Gasteiger partial charge is 0.267 e. The molecule has 110 valence electrons. The van der Waals surface area contributed by atoms with E-state index in [1.165, 1.54) is 0 Å². The number of anilines is 1. The molecule has 1 heterocycles. The van der Waals surface area contributed by atoms with Gasteiger partial charge in [0.05, 0.1) is 0 Å². The molecule has 0 aliphatic rings. The Hall–Kier alpha value is -2.43. The lowest BCUT2D eigenvalue weighted by Crippen LogP contribution is -2.22. The van der Waals surface area contributed by atoms with Crippen molar-refractivity contribution >= 4 is 11.7 Å². The van der Waals surface area contributed by atoms with Crippen LogP contribution in [0.3, 0.4) is 0 Å². The van der Waals surface area contributed by atoms with Crippen LogP contribution in [0.4, 0.5) is 5.82 Å². The second kappa shape index (κ2) is 6.83. The van der Waals surface area contributed by atoms with Gasteiger partial charge in [0.1, 0.15) is 11.5 Å². The van der Waals surface area contributed by atoms with Crippen molar-refractivity contribution in [3.8, 4) is 11.4 Å². The third-order valence-corrected chi connectivity index (χ3v) is 3.24. The van der Waals surface area contributed by atoms with Crippen LogP contribution >= 0.6 is 0 Å². The number of aromatic nitrogens is 2. The number of primary amides is 1. The zero-order chi connectivity index (χ0) is 15.2. The number of amides is 1. The van der Waals surface area contributed by atoms with E-state index in [2.05, 4.69) is 16.9 Å².